The van der Waals surface area contributed by atoms with Crippen LogP contribution in [0.25, 0.3) is 0 Å². The fourth-order valence-corrected chi connectivity index (χ4v) is 2.32. The highest BCUT2D eigenvalue weighted by Crippen LogP contribution is 2.40. The van der Waals surface area contributed by atoms with Crippen molar-refractivity contribution in [2.24, 2.45) is 17.8 Å². The van der Waals surface area contributed by atoms with E-state index < -0.39 is 0 Å². The van der Waals surface area contributed by atoms with Gasteiger partial charge in [0, 0.05) is 0 Å². The number of ether oxygens (including phenoxy) is 1. The zero-order valence-corrected chi connectivity index (χ0v) is 7.08. The van der Waals surface area contributed by atoms with Crippen molar-refractivity contribution in [1.82, 2.24) is 0 Å². The van der Waals surface area contributed by atoms with Gasteiger partial charge in [-0.25, -0.2) is 0 Å². The Kier molecular flexibility index (Phi) is 1.67. The summed E-state index contributed by atoms with van der Waals surface area (Å²) in [5, 5.41) is 0. The van der Waals surface area contributed by atoms with Gasteiger partial charge in [0.1, 0.15) is 0 Å². The molecule has 0 aromatic heterocycles. The number of cyclic esters (lactones) is 2. The van der Waals surface area contributed by atoms with E-state index in [4.69, 9.17) is 0 Å². The van der Waals surface area contributed by atoms with Gasteiger partial charge in [-0.05, 0) is 18.8 Å². The molecule has 1 aliphatic carbocycles. The number of carbonyl (C=O) groups excluding carboxylic acids is 2. The SMILES string of the molecule is CC1CCC[C@H]2C(=O)OC(=O)[C@H]12. The summed E-state index contributed by atoms with van der Waals surface area (Å²) >= 11 is 0. The molecule has 0 aromatic rings. The number of hydrogen-bond donors (Lipinski definition) is 0. The van der Waals surface area contributed by atoms with Gasteiger partial charge in [0.2, 0.25) is 0 Å². The Morgan fingerprint density at radius 3 is 2.67 bits per heavy atom. The molecule has 1 unspecified atom stereocenters. The minimum atomic E-state index is -0.295. The molecular formula is C9H12O3. The minimum absolute atomic E-state index is 0.124. The van der Waals surface area contributed by atoms with Gasteiger partial charge in [-0.15, -0.1) is 0 Å². The van der Waals surface area contributed by atoms with Crippen molar-refractivity contribution in [3.05, 3.63) is 0 Å². The highest BCUT2D eigenvalue weighted by Gasteiger charge is 2.48. The molecule has 0 bridgehead atoms. The molecule has 1 heterocycles. The van der Waals surface area contributed by atoms with Crippen LogP contribution in [0.15, 0.2) is 0 Å². The fraction of sp³-hybridized carbons (Fsp3) is 0.778. The summed E-state index contributed by atoms with van der Waals surface area (Å²) in [5.74, 6) is -0.524. The van der Waals surface area contributed by atoms with Gasteiger partial charge in [0.25, 0.3) is 0 Å². The number of hydrogen-bond acceptors (Lipinski definition) is 3. The molecule has 1 saturated carbocycles. The molecule has 1 saturated heterocycles. The summed E-state index contributed by atoms with van der Waals surface area (Å²) in [4.78, 5) is 22.3. The van der Waals surface area contributed by atoms with Crippen LogP contribution in [0.4, 0.5) is 0 Å². The van der Waals surface area contributed by atoms with E-state index in [1.54, 1.807) is 0 Å². The Balaban J connectivity index is 2.24. The van der Waals surface area contributed by atoms with Crippen LogP contribution in [0, 0.1) is 17.8 Å². The molecule has 0 N–H and O–H groups in total. The molecule has 3 heteroatoms. The van der Waals surface area contributed by atoms with Crippen molar-refractivity contribution >= 4 is 11.9 Å². The third kappa shape index (κ3) is 0.958. The van der Waals surface area contributed by atoms with Crippen LogP contribution in [0.1, 0.15) is 26.2 Å². The van der Waals surface area contributed by atoms with Crippen LogP contribution in [0.3, 0.4) is 0 Å². The van der Waals surface area contributed by atoms with E-state index in [1.807, 2.05) is 6.92 Å². The lowest BCUT2D eigenvalue weighted by molar-refractivity contribution is -0.154. The second-order valence-electron chi connectivity index (χ2n) is 3.78. The first-order chi connectivity index (χ1) is 5.70. The highest BCUT2D eigenvalue weighted by atomic mass is 16.6. The van der Waals surface area contributed by atoms with Crippen LogP contribution in [0.2, 0.25) is 0 Å². The predicted octanol–water partition coefficient (Wildman–Crippen LogP) is 1.12. The van der Waals surface area contributed by atoms with Gasteiger partial charge in [-0.1, -0.05) is 13.3 Å². The summed E-state index contributed by atoms with van der Waals surface area (Å²) in [7, 11) is 0. The maximum atomic E-state index is 11.2. The summed E-state index contributed by atoms with van der Waals surface area (Å²) < 4.78 is 4.60. The van der Waals surface area contributed by atoms with Gasteiger partial charge in [-0.3, -0.25) is 9.59 Å². The molecule has 2 aliphatic rings. The maximum absolute atomic E-state index is 11.2. The summed E-state index contributed by atoms with van der Waals surface area (Å²) in [6.07, 6.45) is 2.92. The second kappa shape index (κ2) is 2.57. The first-order valence-electron chi connectivity index (χ1n) is 4.45. The molecule has 0 spiro atoms. The number of esters is 2. The lowest BCUT2D eigenvalue weighted by Gasteiger charge is -2.25. The average molecular weight is 168 g/mol. The fourth-order valence-electron chi connectivity index (χ4n) is 2.32. The minimum Gasteiger partial charge on any atom is -0.393 e. The zero-order valence-electron chi connectivity index (χ0n) is 7.08. The van der Waals surface area contributed by atoms with Gasteiger partial charge in [-0.2, -0.15) is 0 Å². The lowest BCUT2D eigenvalue weighted by Crippen LogP contribution is -2.28. The quantitative estimate of drug-likeness (QED) is 0.402. The van der Waals surface area contributed by atoms with Gasteiger partial charge in [0.15, 0.2) is 0 Å². The Morgan fingerprint density at radius 2 is 2.00 bits per heavy atom. The Morgan fingerprint density at radius 1 is 1.25 bits per heavy atom. The summed E-state index contributed by atoms with van der Waals surface area (Å²) in [6.45, 7) is 2.02. The molecule has 66 valence electrons. The highest BCUT2D eigenvalue weighted by molar-refractivity contribution is 5.96. The van der Waals surface area contributed by atoms with E-state index in [0.717, 1.165) is 19.3 Å². The first-order valence-corrected chi connectivity index (χ1v) is 4.45. The molecule has 1 aliphatic heterocycles. The first kappa shape index (κ1) is 7.77. The van der Waals surface area contributed by atoms with Crippen molar-refractivity contribution in [3.63, 3.8) is 0 Å². The molecule has 2 fully saturated rings. The van der Waals surface area contributed by atoms with Crippen LogP contribution in [-0.4, -0.2) is 11.9 Å². The van der Waals surface area contributed by atoms with Gasteiger partial charge in [0.05, 0.1) is 11.8 Å². The lowest BCUT2D eigenvalue weighted by atomic mass is 9.74. The van der Waals surface area contributed by atoms with Crippen molar-refractivity contribution in [2.75, 3.05) is 0 Å². The number of rotatable bonds is 0. The molecule has 12 heavy (non-hydrogen) atoms. The zero-order chi connectivity index (χ0) is 8.72. The molecule has 0 radical (unpaired) electrons. The molecule has 0 amide bonds. The van der Waals surface area contributed by atoms with E-state index in [-0.39, 0.29) is 23.8 Å². The van der Waals surface area contributed by atoms with Crippen molar-refractivity contribution in [2.45, 2.75) is 26.2 Å². The monoisotopic (exact) mass is 168 g/mol. The smallest absolute Gasteiger partial charge is 0.317 e. The average Bonchev–Trinajstić information content (AvgIpc) is 2.29. The standard InChI is InChI=1S/C9H12O3/c1-5-3-2-4-6-7(5)9(11)12-8(6)10/h5-7H,2-4H2,1H3/t5?,6-,7-/m1/s1. The van der Waals surface area contributed by atoms with E-state index in [0.29, 0.717) is 5.92 Å². The second-order valence-corrected chi connectivity index (χ2v) is 3.78. The van der Waals surface area contributed by atoms with Crippen molar-refractivity contribution in [1.29, 1.82) is 0 Å². The normalized spacial score (nSPS) is 40.9. The maximum Gasteiger partial charge on any atom is 0.317 e. The van der Waals surface area contributed by atoms with E-state index in [1.165, 1.54) is 0 Å². The number of fused-ring (bicyclic) bond motifs is 1. The summed E-state index contributed by atoms with van der Waals surface area (Å²) in [6, 6.07) is 0. The molecule has 2 rings (SSSR count). The number of carbonyl (C=O) groups is 2. The Hall–Kier alpha value is -0.860. The Labute approximate surface area is 71.1 Å². The molecule has 0 aromatic carbocycles. The third-order valence-corrected chi connectivity index (χ3v) is 3.00. The van der Waals surface area contributed by atoms with E-state index in [2.05, 4.69) is 4.74 Å². The van der Waals surface area contributed by atoms with E-state index in [9.17, 15) is 9.59 Å². The van der Waals surface area contributed by atoms with Crippen LogP contribution in [0.5, 0.6) is 0 Å². The molecule has 3 atom stereocenters. The van der Waals surface area contributed by atoms with Crippen LogP contribution >= 0.6 is 0 Å². The largest absolute Gasteiger partial charge is 0.393 e. The van der Waals surface area contributed by atoms with Crippen LogP contribution in [-0.2, 0) is 14.3 Å². The third-order valence-electron chi connectivity index (χ3n) is 3.00. The van der Waals surface area contributed by atoms with Crippen molar-refractivity contribution < 1.29 is 14.3 Å². The Bertz CT molecular complexity index is 234. The van der Waals surface area contributed by atoms with Crippen LogP contribution < -0.4 is 0 Å². The van der Waals surface area contributed by atoms with Gasteiger partial charge >= 0.3 is 11.9 Å². The van der Waals surface area contributed by atoms with Crippen molar-refractivity contribution in [3.8, 4) is 0 Å². The topological polar surface area (TPSA) is 43.4 Å². The predicted molar refractivity (Wildman–Crippen MR) is 41.1 cm³/mol. The molecular weight excluding hydrogens is 156 g/mol. The van der Waals surface area contributed by atoms with E-state index >= 15 is 0 Å². The summed E-state index contributed by atoms with van der Waals surface area (Å²) in [5.41, 5.74) is 0. The van der Waals surface area contributed by atoms with Gasteiger partial charge < -0.3 is 4.74 Å². The molecule has 3 nitrogen and oxygen atoms in total.